The maximum absolute atomic E-state index is 12.2. The first-order chi connectivity index (χ1) is 10.1. The molecule has 0 radical (unpaired) electrons. The van der Waals surface area contributed by atoms with Gasteiger partial charge in [-0.3, -0.25) is 4.79 Å². The van der Waals surface area contributed by atoms with E-state index >= 15 is 0 Å². The molecule has 2 aromatic rings. The molecule has 2 rings (SSSR count). The first-order valence-electron chi connectivity index (χ1n) is 6.24. The number of rotatable bonds is 2. The molecule has 1 aromatic heterocycles. The molecule has 0 aliphatic carbocycles. The molecule has 0 atom stereocenters. The quantitative estimate of drug-likeness (QED) is 0.838. The Bertz CT molecular complexity index is 733. The molecule has 1 aromatic carbocycles. The topological polar surface area (TPSA) is 62.2 Å². The smallest absolute Gasteiger partial charge is 0.256 e. The van der Waals surface area contributed by atoms with E-state index < -0.39 is 0 Å². The number of aliphatic hydroxyl groups excluding tert-OH is 1. The number of halogens is 1. The molecular weight excluding hydrogens is 288 g/mol. The van der Waals surface area contributed by atoms with Gasteiger partial charge in [-0.05, 0) is 36.8 Å². The zero-order valence-electron chi connectivity index (χ0n) is 11.4. The van der Waals surface area contributed by atoms with Gasteiger partial charge in [0.15, 0.2) is 0 Å². The van der Waals surface area contributed by atoms with Crippen LogP contribution in [0.15, 0.2) is 36.5 Å². The summed E-state index contributed by atoms with van der Waals surface area (Å²) < 4.78 is 0. The van der Waals surface area contributed by atoms with Crippen LogP contribution in [0.4, 0.5) is 5.82 Å². The molecule has 106 valence electrons. The van der Waals surface area contributed by atoms with Gasteiger partial charge in [0.2, 0.25) is 0 Å². The average molecular weight is 301 g/mol. The van der Waals surface area contributed by atoms with Crippen molar-refractivity contribution >= 4 is 23.3 Å². The van der Waals surface area contributed by atoms with Crippen LogP contribution in [0, 0.1) is 18.8 Å². The molecule has 2 N–H and O–H groups in total. The molecule has 21 heavy (non-hydrogen) atoms. The van der Waals surface area contributed by atoms with Crippen LogP contribution < -0.4 is 5.32 Å². The highest BCUT2D eigenvalue weighted by molar-refractivity contribution is 6.32. The van der Waals surface area contributed by atoms with Crippen LogP contribution >= 0.6 is 11.6 Å². The van der Waals surface area contributed by atoms with Gasteiger partial charge in [-0.25, -0.2) is 4.98 Å². The summed E-state index contributed by atoms with van der Waals surface area (Å²) in [7, 11) is 0. The molecule has 0 saturated heterocycles. The van der Waals surface area contributed by atoms with Crippen LogP contribution in [-0.2, 0) is 0 Å². The number of aliphatic hydroxyl groups is 1. The highest BCUT2D eigenvalue weighted by Gasteiger charge is 2.10. The summed E-state index contributed by atoms with van der Waals surface area (Å²) in [4.78, 5) is 16.3. The first kappa shape index (κ1) is 15.0. The number of hydrogen-bond donors (Lipinski definition) is 2. The van der Waals surface area contributed by atoms with Crippen molar-refractivity contribution in [2.75, 3.05) is 11.9 Å². The number of nitrogens with one attached hydrogen (secondary N) is 1. The molecule has 4 nitrogen and oxygen atoms in total. The van der Waals surface area contributed by atoms with Crippen LogP contribution in [0.2, 0.25) is 5.02 Å². The Morgan fingerprint density at radius 2 is 2.24 bits per heavy atom. The monoisotopic (exact) mass is 300 g/mol. The van der Waals surface area contributed by atoms with Crippen molar-refractivity contribution in [2.45, 2.75) is 6.92 Å². The zero-order chi connectivity index (χ0) is 15.2. The van der Waals surface area contributed by atoms with Crippen molar-refractivity contribution in [1.29, 1.82) is 0 Å². The van der Waals surface area contributed by atoms with Crippen molar-refractivity contribution in [1.82, 2.24) is 4.98 Å². The summed E-state index contributed by atoms with van der Waals surface area (Å²) >= 11 is 6.06. The average Bonchev–Trinajstić information content (AvgIpc) is 2.48. The fourth-order valence-corrected chi connectivity index (χ4v) is 1.92. The Morgan fingerprint density at radius 3 is 2.90 bits per heavy atom. The summed E-state index contributed by atoms with van der Waals surface area (Å²) in [5.41, 5.74) is 1.86. The zero-order valence-corrected chi connectivity index (χ0v) is 12.1. The van der Waals surface area contributed by atoms with Crippen molar-refractivity contribution < 1.29 is 9.90 Å². The van der Waals surface area contributed by atoms with E-state index in [9.17, 15) is 4.79 Å². The number of nitrogens with zero attached hydrogens (tertiary/aromatic N) is 1. The Morgan fingerprint density at radius 1 is 1.43 bits per heavy atom. The molecule has 0 spiro atoms. The van der Waals surface area contributed by atoms with E-state index in [1.54, 1.807) is 24.4 Å². The van der Waals surface area contributed by atoms with Crippen LogP contribution in [0.1, 0.15) is 21.5 Å². The Balaban J connectivity index is 2.21. The lowest BCUT2D eigenvalue weighted by Gasteiger charge is -2.07. The number of anilines is 1. The van der Waals surface area contributed by atoms with Gasteiger partial charge < -0.3 is 10.4 Å². The van der Waals surface area contributed by atoms with E-state index in [1.807, 2.05) is 13.0 Å². The lowest BCUT2D eigenvalue weighted by molar-refractivity contribution is 0.102. The van der Waals surface area contributed by atoms with Gasteiger partial charge in [0.1, 0.15) is 12.4 Å². The summed E-state index contributed by atoms with van der Waals surface area (Å²) in [5.74, 6) is 5.45. The third-order valence-corrected chi connectivity index (χ3v) is 3.09. The number of aryl methyl sites for hydroxylation is 1. The minimum Gasteiger partial charge on any atom is -0.384 e. The van der Waals surface area contributed by atoms with Gasteiger partial charge in [-0.2, -0.15) is 0 Å². The minimum atomic E-state index is -0.291. The summed E-state index contributed by atoms with van der Waals surface area (Å²) in [6.45, 7) is 1.63. The fourth-order valence-electron chi connectivity index (χ4n) is 1.69. The van der Waals surface area contributed by atoms with E-state index in [0.29, 0.717) is 22.0 Å². The fraction of sp³-hybridized carbons (Fsp3) is 0.125. The molecular formula is C16H13ClN2O2. The third-order valence-electron chi connectivity index (χ3n) is 2.77. The van der Waals surface area contributed by atoms with Crippen LogP contribution in [0.25, 0.3) is 0 Å². The van der Waals surface area contributed by atoms with Crippen molar-refractivity contribution in [2.24, 2.45) is 0 Å². The molecule has 1 amide bonds. The van der Waals surface area contributed by atoms with Gasteiger partial charge in [0, 0.05) is 17.3 Å². The SMILES string of the molecule is Cc1cccnc1NC(=O)c1ccc(C#CCO)c(Cl)c1. The van der Waals surface area contributed by atoms with Crippen molar-refractivity contribution in [3.63, 3.8) is 0 Å². The maximum atomic E-state index is 12.2. The number of benzene rings is 1. The summed E-state index contributed by atoms with van der Waals surface area (Å²) in [6, 6.07) is 8.47. The van der Waals surface area contributed by atoms with Gasteiger partial charge in [0.25, 0.3) is 5.91 Å². The Kier molecular flexibility index (Phi) is 4.94. The van der Waals surface area contributed by atoms with Gasteiger partial charge >= 0.3 is 0 Å². The van der Waals surface area contributed by atoms with E-state index in [1.165, 1.54) is 6.07 Å². The lowest BCUT2D eigenvalue weighted by Crippen LogP contribution is -2.13. The van der Waals surface area contributed by atoms with Gasteiger partial charge in [-0.15, -0.1) is 0 Å². The molecule has 1 heterocycles. The van der Waals surface area contributed by atoms with Gasteiger partial charge in [0.05, 0.1) is 5.02 Å². The summed E-state index contributed by atoms with van der Waals surface area (Å²) in [5, 5.41) is 11.8. The molecule has 5 heteroatoms. The van der Waals surface area contributed by atoms with Crippen LogP contribution in [0.3, 0.4) is 0 Å². The molecule has 0 bridgehead atoms. The number of amides is 1. The molecule has 0 unspecified atom stereocenters. The summed E-state index contributed by atoms with van der Waals surface area (Å²) in [6.07, 6.45) is 1.61. The largest absolute Gasteiger partial charge is 0.384 e. The van der Waals surface area contributed by atoms with E-state index in [2.05, 4.69) is 22.1 Å². The number of carbonyl (C=O) groups is 1. The van der Waals surface area contributed by atoms with E-state index in [-0.39, 0.29) is 12.5 Å². The predicted molar refractivity (Wildman–Crippen MR) is 82.3 cm³/mol. The molecule has 0 aliphatic heterocycles. The van der Waals surface area contributed by atoms with Gasteiger partial charge in [-0.1, -0.05) is 29.5 Å². The van der Waals surface area contributed by atoms with Crippen LogP contribution in [-0.4, -0.2) is 22.6 Å². The first-order valence-corrected chi connectivity index (χ1v) is 6.62. The van der Waals surface area contributed by atoms with E-state index in [0.717, 1.165) is 5.56 Å². The third kappa shape index (κ3) is 3.82. The maximum Gasteiger partial charge on any atom is 0.256 e. The van der Waals surface area contributed by atoms with Crippen molar-refractivity contribution in [3.8, 4) is 11.8 Å². The van der Waals surface area contributed by atoms with E-state index in [4.69, 9.17) is 16.7 Å². The standard InChI is InChI=1S/C16H13ClN2O2/c1-11-4-2-8-18-15(11)19-16(21)13-7-6-12(5-3-9-20)14(17)10-13/h2,4,6-8,10,20H,9H2,1H3,(H,18,19,21). The second-order valence-electron chi connectivity index (χ2n) is 4.28. The highest BCUT2D eigenvalue weighted by Crippen LogP contribution is 2.18. The Hall–Kier alpha value is -2.35. The van der Waals surface area contributed by atoms with Crippen molar-refractivity contribution in [3.05, 3.63) is 58.2 Å². The molecule has 0 saturated carbocycles. The Labute approximate surface area is 127 Å². The van der Waals surface area contributed by atoms with Crippen LogP contribution in [0.5, 0.6) is 0 Å². The minimum absolute atomic E-state index is 0.239. The number of pyridine rings is 1. The number of aromatic nitrogens is 1. The lowest BCUT2D eigenvalue weighted by atomic mass is 10.1. The molecule has 0 aliphatic rings. The molecule has 0 fully saturated rings. The second kappa shape index (κ2) is 6.89. The predicted octanol–water partition coefficient (Wildman–Crippen LogP) is 2.64. The highest BCUT2D eigenvalue weighted by atomic mass is 35.5. The second-order valence-corrected chi connectivity index (χ2v) is 4.68. The number of carbonyl (C=O) groups excluding carboxylic acids is 1. The number of hydrogen-bond acceptors (Lipinski definition) is 3. The normalized spacial score (nSPS) is 9.67.